The molecule has 2 heterocycles. The van der Waals surface area contributed by atoms with Gasteiger partial charge >= 0.3 is 6.03 Å². The molecule has 3 aromatic rings. The van der Waals surface area contributed by atoms with Gasteiger partial charge in [-0.3, -0.25) is 15.1 Å². The van der Waals surface area contributed by atoms with Gasteiger partial charge in [0, 0.05) is 22.7 Å². The fourth-order valence-corrected chi connectivity index (χ4v) is 3.62. The number of rotatable bonds is 3. The second kappa shape index (κ2) is 7.68. The average molecular weight is 421 g/mol. The highest BCUT2D eigenvalue weighted by atomic mass is 16.2. The second-order valence-electron chi connectivity index (χ2n) is 9.12. The lowest BCUT2D eigenvalue weighted by Gasteiger charge is -2.14. The van der Waals surface area contributed by atoms with Crippen molar-refractivity contribution >= 4 is 17.5 Å². The number of carbonyl (C=O) groups excluding carboxylic acids is 1. The van der Waals surface area contributed by atoms with E-state index in [0.29, 0.717) is 17.5 Å². The molecule has 0 atom stereocenters. The third-order valence-electron chi connectivity index (χ3n) is 5.61. The highest BCUT2D eigenvalue weighted by Crippen LogP contribution is 2.26. The normalized spacial score (nSPS) is 13.2. The van der Waals surface area contributed by atoms with E-state index in [9.17, 15) is 9.59 Å². The number of hydrogen-bond acceptors (Lipinski definition) is 4. The summed E-state index contributed by atoms with van der Waals surface area (Å²) in [5, 5.41) is 10.4. The van der Waals surface area contributed by atoms with Crippen molar-refractivity contribution in [3.63, 3.8) is 0 Å². The van der Waals surface area contributed by atoms with Crippen LogP contribution >= 0.6 is 0 Å². The summed E-state index contributed by atoms with van der Waals surface area (Å²) in [6.07, 6.45) is 2.44. The highest BCUT2D eigenvalue weighted by Gasteiger charge is 2.24. The Morgan fingerprint density at radius 3 is 2.58 bits per heavy atom. The van der Waals surface area contributed by atoms with Crippen LogP contribution in [0, 0.1) is 13.8 Å². The smallest absolute Gasteiger partial charge is 0.308 e. The molecule has 31 heavy (non-hydrogen) atoms. The quantitative estimate of drug-likeness (QED) is 0.595. The summed E-state index contributed by atoms with van der Waals surface area (Å²) in [5.74, 6) is 0.745. The Hall–Kier alpha value is -3.42. The van der Waals surface area contributed by atoms with Crippen LogP contribution < -0.4 is 16.2 Å². The molecule has 4 rings (SSSR count). The van der Waals surface area contributed by atoms with E-state index in [2.05, 4.69) is 25.7 Å². The topological polar surface area (TPSA) is 105 Å². The summed E-state index contributed by atoms with van der Waals surface area (Å²) in [6.45, 7) is 10.1. The zero-order valence-electron chi connectivity index (χ0n) is 18.6. The molecule has 0 fully saturated rings. The summed E-state index contributed by atoms with van der Waals surface area (Å²) in [7, 11) is 0. The number of fused-ring (bicyclic) bond motifs is 1. The van der Waals surface area contributed by atoms with Crippen molar-refractivity contribution in [3.8, 4) is 5.95 Å². The second-order valence-corrected chi connectivity index (χ2v) is 9.12. The first kappa shape index (κ1) is 20.8. The van der Waals surface area contributed by atoms with Gasteiger partial charge in [0.1, 0.15) is 5.82 Å². The Kier molecular flexibility index (Phi) is 5.16. The minimum Gasteiger partial charge on any atom is -0.308 e. The van der Waals surface area contributed by atoms with Crippen LogP contribution in [0.3, 0.4) is 0 Å². The van der Waals surface area contributed by atoms with Crippen molar-refractivity contribution in [1.29, 1.82) is 0 Å². The number of urea groups is 1. The number of hydrogen-bond donors (Lipinski definition) is 3. The van der Waals surface area contributed by atoms with Gasteiger partial charge in [0.2, 0.25) is 5.95 Å². The monoisotopic (exact) mass is 420 g/mol. The van der Waals surface area contributed by atoms with Gasteiger partial charge < -0.3 is 5.32 Å². The maximum Gasteiger partial charge on any atom is 0.324 e. The maximum atomic E-state index is 12.7. The molecule has 0 radical (unpaired) electrons. The highest BCUT2D eigenvalue weighted by molar-refractivity contribution is 5.99. The standard InChI is InChI=1S/C23H28N6O2/c1-13-9-10-15(11-14(13)2)24-22(31)26-19-12-18(23(3,4)5)28-29(19)21-25-17-8-6-7-16(17)20(30)27-21/h9-12H,6-8H2,1-5H3,(H2,24,26,31)(H,25,27,30). The third kappa shape index (κ3) is 4.23. The first-order valence-electron chi connectivity index (χ1n) is 10.5. The number of carbonyl (C=O) groups is 1. The Morgan fingerprint density at radius 1 is 1.10 bits per heavy atom. The van der Waals surface area contributed by atoms with Gasteiger partial charge in [0.05, 0.1) is 11.4 Å². The molecule has 8 heteroatoms. The fourth-order valence-electron chi connectivity index (χ4n) is 3.62. The van der Waals surface area contributed by atoms with Crippen LogP contribution in [0.5, 0.6) is 0 Å². The molecule has 2 amide bonds. The van der Waals surface area contributed by atoms with Crippen LogP contribution in [0.4, 0.5) is 16.3 Å². The Labute approximate surface area is 181 Å². The number of amides is 2. The lowest BCUT2D eigenvalue weighted by atomic mass is 9.92. The van der Waals surface area contributed by atoms with E-state index in [1.807, 2.05) is 58.9 Å². The van der Waals surface area contributed by atoms with Crippen LogP contribution in [0.15, 0.2) is 29.1 Å². The lowest BCUT2D eigenvalue weighted by molar-refractivity contribution is 0.262. The van der Waals surface area contributed by atoms with E-state index < -0.39 is 6.03 Å². The van der Waals surface area contributed by atoms with Crippen LogP contribution in [0.1, 0.15) is 55.3 Å². The molecule has 0 spiro atoms. The maximum absolute atomic E-state index is 12.7. The van der Waals surface area contributed by atoms with Gasteiger partial charge in [-0.1, -0.05) is 26.8 Å². The van der Waals surface area contributed by atoms with Crippen molar-refractivity contribution in [2.75, 3.05) is 10.6 Å². The number of aromatic amines is 1. The van der Waals surface area contributed by atoms with Gasteiger partial charge in [-0.05, 0) is 56.4 Å². The summed E-state index contributed by atoms with van der Waals surface area (Å²) in [4.78, 5) is 32.7. The first-order valence-corrected chi connectivity index (χ1v) is 10.5. The number of benzene rings is 1. The average Bonchev–Trinajstić information content (AvgIpc) is 3.31. The molecule has 0 saturated carbocycles. The Balaban J connectivity index is 1.68. The minimum absolute atomic E-state index is 0.143. The molecule has 1 aromatic carbocycles. The minimum atomic E-state index is -0.395. The molecule has 1 aliphatic rings. The van der Waals surface area contributed by atoms with E-state index in [0.717, 1.165) is 47.3 Å². The molecule has 2 aromatic heterocycles. The Morgan fingerprint density at radius 2 is 1.87 bits per heavy atom. The van der Waals surface area contributed by atoms with Crippen molar-refractivity contribution in [2.45, 2.75) is 59.3 Å². The molecule has 0 bridgehead atoms. The van der Waals surface area contributed by atoms with Crippen molar-refractivity contribution in [3.05, 3.63) is 62.7 Å². The van der Waals surface area contributed by atoms with Crippen molar-refractivity contribution < 1.29 is 4.79 Å². The predicted molar refractivity (Wildman–Crippen MR) is 121 cm³/mol. The van der Waals surface area contributed by atoms with Crippen molar-refractivity contribution in [2.24, 2.45) is 0 Å². The number of H-pyrrole nitrogens is 1. The van der Waals surface area contributed by atoms with Crippen LogP contribution in [-0.4, -0.2) is 25.8 Å². The molecule has 162 valence electrons. The molecule has 8 nitrogen and oxygen atoms in total. The van der Waals surface area contributed by atoms with Crippen LogP contribution in [-0.2, 0) is 18.3 Å². The third-order valence-corrected chi connectivity index (χ3v) is 5.61. The van der Waals surface area contributed by atoms with E-state index in [1.54, 1.807) is 0 Å². The fraction of sp³-hybridized carbons (Fsp3) is 0.391. The van der Waals surface area contributed by atoms with E-state index in [-0.39, 0.29) is 11.0 Å². The number of aromatic nitrogens is 4. The van der Waals surface area contributed by atoms with Gasteiger partial charge in [-0.25, -0.2) is 9.78 Å². The van der Waals surface area contributed by atoms with Gasteiger partial charge in [-0.2, -0.15) is 9.78 Å². The predicted octanol–water partition coefficient (Wildman–Crippen LogP) is 4.00. The summed E-state index contributed by atoms with van der Waals surface area (Å²) in [6, 6.07) is 7.17. The molecule has 3 N–H and O–H groups in total. The van der Waals surface area contributed by atoms with Crippen LogP contribution in [0.25, 0.3) is 5.95 Å². The molecule has 0 aliphatic heterocycles. The molecule has 0 saturated heterocycles. The zero-order valence-corrected chi connectivity index (χ0v) is 18.6. The lowest BCUT2D eigenvalue weighted by Crippen LogP contribution is -2.23. The number of nitrogens with one attached hydrogen (secondary N) is 3. The van der Waals surface area contributed by atoms with Crippen molar-refractivity contribution in [1.82, 2.24) is 19.7 Å². The van der Waals surface area contributed by atoms with E-state index >= 15 is 0 Å². The molecular weight excluding hydrogens is 392 g/mol. The van der Waals surface area contributed by atoms with E-state index in [4.69, 9.17) is 0 Å². The summed E-state index contributed by atoms with van der Waals surface area (Å²) < 4.78 is 1.50. The van der Waals surface area contributed by atoms with E-state index in [1.165, 1.54) is 4.68 Å². The largest absolute Gasteiger partial charge is 0.324 e. The number of anilines is 2. The van der Waals surface area contributed by atoms with Crippen LogP contribution in [0.2, 0.25) is 0 Å². The molecular formula is C23H28N6O2. The Bertz CT molecular complexity index is 1220. The number of aryl methyl sites for hydroxylation is 3. The van der Waals surface area contributed by atoms with Gasteiger partial charge in [0.15, 0.2) is 0 Å². The summed E-state index contributed by atoms with van der Waals surface area (Å²) in [5.41, 5.74) is 4.89. The zero-order chi connectivity index (χ0) is 22.3. The van der Waals surface area contributed by atoms with Gasteiger partial charge in [0.25, 0.3) is 5.56 Å². The first-order chi connectivity index (χ1) is 14.6. The summed E-state index contributed by atoms with van der Waals surface area (Å²) >= 11 is 0. The molecule has 0 unspecified atom stereocenters. The number of nitrogens with zero attached hydrogens (tertiary/aromatic N) is 3. The SMILES string of the molecule is Cc1ccc(NC(=O)Nc2cc(C(C)(C)C)nn2-c2nc3c(c(=O)[nH]2)CCC3)cc1C. The van der Waals surface area contributed by atoms with Gasteiger partial charge in [-0.15, -0.1) is 0 Å². The molecule has 1 aliphatic carbocycles.